The molecule has 0 saturated carbocycles. The summed E-state index contributed by atoms with van der Waals surface area (Å²) in [7, 11) is 1.47. The lowest BCUT2D eigenvalue weighted by molar-refractivity contribution is -0.143. The summed E-state index contributed by atoms with van der Waals surface area (Å²) in [5, 5.41) is 0.702. The van der Waals surface area contributed by atoms with Gasteiger partial charge in [-0.1, -0.05) is 19.1 Å². The molecule has 0 spiro atoms. The van der Waals surface area contributed by atoms with Crippen molar-refractivity contribution in [3.05, 3.63) is 69.6 Å². The number of hydrogen-bond donors (Lipinski definition) is 0. The molecule has 0 unspecified atom stereocenters. The molecular formula is C24H24O7. The van der Waals surface area contributed by atoms with Gasteiger partial charge in [0.15, 0.2) is 0 Å². The predicted molar refractivity (Wildman–Crippen MR) is 115 cm³/mol. The Balaban J connectivity index is 1.97. The van der Waals surface area contributed by atoms with E-state index >= 15 is 0 Å². The monoisotopic (exact) mass is 424 g/mol. The Morgan fingerprint density at radius 3 is 2.58 bits per heavy atom. The molecule has 0 radical (unpaired) electrons. The van der Waals surface area contributed by atoms with Crippen LogP contribution in [0.2, 0.25) is 0 Å². The summed E-state index contributed by atoms with van der Waals surface area (Å²) in [5.41, 5.74) is 1.40. The first-order valence-corrected chi connectivity index (χ1v) is 10.0. The van der Waals surface area contributed by atoms with Gasteiger partial charge in [0, 0.05) is 23.9 Å². The van der Waals surface area contributed by atoms with E-state index in [2.05, 4.69) is 0 Å². The maximum Gasteiger partial charge on any atom is 0.347 e. The Hall–Kier alpha value is -3.61. The second-order valence-electron chi connectivity index (χ2n) is 7.01. The van der Waals surface area contributed by atoms with Crippen molar-refractivity contribution in [1.29, 1.82) is 0 Å². The summed E-state index contributed by atoms with van der Waals surface area (Å²) in [4.78, 5) is 36.6. The molecule has 7 nitrogen and oxygen atoms in total. The van der Waals surface area contributed by atoms with E-state index in [1.807, 2.05) is 6.92 Å². The van der Waals surface area contributed by atoms with E-state index in [0.717, 1.165) is 12.0 Å². The van der Waals surface area contributed by atoms with Crippen LogP contribution in [0.4, 0.5) is 0 Å². The molecule has 1 heterocycles. The number of aryl methyl sites for hydroxylation is 2. The van der Waals surface area contributed by atoms with Gasteiger partial charge in [0.05, 0.1) is 13.7 Å². The highest BCUT2D eigenvalue weighted by Crippen LogP contribution is 2.30. The zero-order valence-corrected chi connectivity index (χ0v) is 17.7. The maximum absolute atomic E-state index is 12.8. The number of fused-ring (bicyclic) bond motifs is 1. The van der Waals surface area contributed by atoms with Crippen LogP contribution in [0, 0.1) is 6.92 Å². The van der Waals surface area contributed by atoms with Gasteiger partial charge in [-0.3, -0.25) is 4.79 Å². The van der Waals surface area contributed by atoms with Crippen LogP contribution in [0.15, 0.2) is 51.7 Å². The summed E-state index contributed by atoms with van der Waals surface area (Å²) >= 11 is 0. The van der Waals surface area contributed by atoms with Gasteiger partial charge in [-0.25, -0.2) is 9.59 Å². The van der Waals surface area contributed by atoms with E-state index in [9.17, 15) is 14.4 Å². The Labute approximate surface area is 179 Å². The van der Waals surface area contributed by atoms with E-state index in [-0.39, 0.29) is 23.7 Å². The average Bonchev–Trinajstić information content (AvgIpc) is 2.76. The van der Waals surface area contributed by atoms with Gasteiger partial charge in [-0.2, -0.15) is 0 Å². The molecule has 0 atom stereocenters. The molecular weight excluding hydrogens is 400 g/mol. The fraction of sp³-hybridized carbons (Fsp3) is 0.292. The van der Waals surface area contributed by atoms with E-state index in [0.29, 0.717) is 35.3 Å². The van der Waals surface area contributed by atoms with Crippen molar-refractivity contribution in [2.45, 2.75) is 33.1 Å². The van der Waals surface area contributed by atoms with Crippen molar-refractivity contribution in [2.24, 2.45) is 0 Å². The van der Waals surface area contributed by atoms with Crippen LogP contribution in [0.25, 0.3) is 11.0 Å². The molecule has 3 rings (SSSR count). The summed E-state index contributed by atoms with van der Waals surface area (Å²) in [5.74, 6) is -0.373. The SMILES string of the molecule is CCCOC(=O)CCc1cc2c(C)cc(=O)oc2cc1OC(=O)c1ccccc1OC. The van der Waals surface area contributed by atoms with Gasteiger partial charge in [0.2, 0.25) is 0 Å². The zero-order chi connectivity index (χ0) is 22.4. The molecule has 7 heteroatoms. The van der Waals surface area contributed by atoms with Gasteiger partial charge < -0.3 is 18.6 Å². The van der Waals surface area contributed by atoms with Crippen molar-refractivity contribution in [3.8, 4) is 11.5 Å². The Kier molecular flexibility index (Phi) is 7.07. The highest BCUT2D eigenvalue weighted by molar-refractivity contribution is 5.95. The molecule has 0 amide bonds. The van der Waals surface area contributed by atoms with Gasteiger partial charge >= 0.3 is 17.6 Å². The van der Waals surface area contributed by atoms with Crippen LogP contribution in [0.3, 0.4) is 0 Å². The predicted octanol–water partition coefficient (Wildman–Crippen LogP) is 4.22. The van der Waals surface area contributed by atoms with Crippen molar-refractivity contribution >= 4 is 22.9 Å². The molecule has 0 aliphatic heterocycles. The molecule has 0 aliphatic rings. The van der Waals surface area contributed by atoms with Crippen LogP contribution >= 0.6 is 0 Å². The molecule has 0 aliphatic carbocycles. The Bertz CT molecular complexity index is 1160. The van der Waals surface area contributed by atoms with Crippen molar-refractivity contribution in [2.75, 3.05) is 13.7 Å². The van der Waals surface area contributed by atoms with Crippen molar-refractivity contribution in [1.82, 2.24) is 0 Å². The van der Waals surface area contributed by atoms with E-state index < -0.39 is 11.6 Å². The standard InChI is InChI=1S/C24H24O7/c1-4-11-29-22(25)10-9-16-13-18-15(2)12-23(26)30-21(18)14-20(16)31-24(27)17-7-5-6-8-19(17)28-3/h5-8,12-14H,4,9-11H2,1-3H3. The number of rotatable bonds is 8. The third-order valence-electron chi connectivity index (χ3n) is 4.73. The van der Waals surface area contributed by atoms with Crippen LogP contribution in [0.1, 0.15) is 41.3 Å². The molecule has 2 aromatic carbocycles. The highest BCUT2D eigenvalue weighted by atomic mass is 16.5. The third kappa shape index (κ3) is 5.31. The molecule has 0 bridgehead atoms. The maximum atomic E-state index is 12.8. The number of hydrogen-bond acceptors (Lipinski definition) is 7. The summed E-state index contributed by atoms with van der Waals surface area (Å²) in [6.07, 6.45) is 1.16. The van der Waals surface area contributed by atoms with Crippen molar-refractivity contribution in [3.63, 3.8) is 0 Å². The minimum atomic E-state index is -0.624. The first-order valence-electron chi connectivity index (χ1n) is 10.0. The Morgan fingerprint density at radius 2 is 1.84 bits per heavy atom. The first-order chi connectivity index (χ1) is 14.9. The largest absolute Gasteiger partial charge is 0.496 e. The normalized spacial score (nSPS) is 10.7. The molecule has 0 fully saturated rings. The lowest BCUT2D eigenvalue weighted by atomic mass is 10.0. The van der Waals surface area contributed by atoms with Gasteiger partial charge in [-0.15, -0.1) is 0 Å². The van der Waals surface area contributed by atoms with Gasteiger partial charge in [0.25, 0.3) is 0 Å². The lowest BCUT2D eigenvalue weighted by Gasteiger charge is -2.13. The minimum absolute atomic E-state index is 0.126. The smallest absolute Gasteiger partial charge is 0.347 e. The van der Waals surface area contributed by atoms with Crippen LogP contribution in [-0.2, 0) is 16.0 Å². The van der Waals surface area contributed by atoms with Crippen LogP contribution in [-0.4, -0.2) is 25.7 Å². The van der Waals surface area contributed by atoms with Crippen LogP contribution < -0.4 is 15.1 Å². The number of methoxy groups -OCH3 is 1. The second-order valence-corrected chi connectivity index (χ2v) is 7.01. The van der Waals surface area contributed by atoms with Gasteiger partial charge in [-0.05, 0) is 49.1 Å². The third-order valence-corrected chi connectivity index (χ3v) is 4.73. The molecule has 31 heavy (non-hydrogen) atoms. The van der Waals surface area contributed by atoms with E-state index in [1.165, 1.54) is 19.2 Å². The molecule has 162 valence electrons. The average molecular weight is 424 g/mol. The first kappa shape index (κ1) is 22.1. The van der Waals surface area contributed by atoms with Crippen LogP contribution in [0.5, 0.6) is 11.5 Å². The second kappa shape index (κ2) is 9.93. The quantitative estimate of drug-likeness (QED) is 0.304. The zero-order valence-electron chi connectivity index (χ0n) is 17.7. The fourth-order valence-electron chi connectivity index (χ4n) is 3.17. The molecule has 3 aromatic rings. The summed E-state index contributed by atoms with van der Waals surface area (Å²) < 4.78 is 21.3. The van der Waals surface area contributed by atoms with Crippen molar-refractivity contribution < 1.29 is 28.2 Å². The number of ether oxygens (including phenoxy) is 3. The molecule has 0 N–H and O–H groups in total. The number of esters is 2. The number of carbonyl (C=O) groups is 2. The molecule has 0 saturated heterocycles. The number of benzene rings is 2. The topological polar surface area (TPSA) is 92.0 Å². The summed E-state index contributed by atoms with van der Waals surface area (Å²) in [6, 6.07) is 11.4. The lowest BCUT2D eigenvalue weighted by Crippen LogP contribution is -2.12. The number of para-hydroxylation sites is 1. The number of carbonyl (C=O) groups excluding carboxylic acids is 2. The van der Waals surface area contributed by atoms with Gasteiger partial charge in [0.1, 0.15) is 22.6 Å². The minimum Gasteiger partial charge on any atom is -0.496 e. The van der Waals surface area contributed by atoms with E-state index in [4.69, 9.17) is 18.6 Å². The molecule has 1 aromatic heterocycles. The highest BCUT2D eigenvalue weighted by Gasteiger charge is 2.18. The fourth-order valence-corrected chi connectivity index (χ4v) is 3.17. The Morgan fingerprint density at radius 1 is 1.06 bits per heavy atom. The van der Waals surface area contributed by atoms with E-state index in [1.54, 1.807) is 37.3 Å². The summed E-state index contributed by atoms with van der Waals surface area (Å²) in [6.45, 7) is 4.07.